The van der Waals surface area contributed by atoms with Crippen molar-refractivity contribution in [2.75, 3.05) is 5.73 Å². The first-order chi connectivity index (χ1) is 9.56. The van der Waals surface area contributed by atoms with E-state index in [0.29, 0.717) is 12.1 Å². The third-order valence-electron chi connectivity index (χ3n) is 4.18. The SMILES string of the molecule is C[C@@H]1CCC[C@H](C)N1C(=O)c1cc2cc(N)ccc2s1. The molecule has 1 fully saturated rings. The Bertz CT molecular complexity index is 639. The van der Waals surface area contributed by atoms with E-state index in [0.717, 1.165) is 33.5 Å². The molecular weight excluding hydrogens is 268 g/mol. The molecule has 1 amide bonds. The minimum Gasteiger partial charge on any atom is -0.399 e. The van der Waals surface area contributed by atoms with E-state index in [4.69, 9.17) is 5.73 Å². The van der Waals surface area contributed by atoms with Gasteiger partial charge in [0, 0.05) is 22.5 Å². The van der Waals surface area contributed by atoms with E-state index in [-0.39, 0.29) is 5.91 Å². The van der Waals surface area contributed by atoms with Crippen molar-refractivity contribution in [1.29, 1.82) is 0 Å². The molecule has 106 valence electrons. The second-order valence-electron chi connectivity index (χ2n) is 5.75. The molecule has 1 aliphatic rings. The van der Waals surface area contributed by atoms with E-state index in [9.17, 15) is 4.79 Å². The largest absolute Gasteiger partial charge is 0.399 e. The number of thiophene rings is 1. The van der Waals surface area contributed by atoms with Gasteiger partial charge >= 0.3 is 0 Å². The molecule has 1 saturated heterocycles. The van der Waals surface area contributed by atoms with Gasteiger partial charge in [0.2, 0.25) is 0 Å². The number of carbonyl (C=O) groups is 1. The maximum Gasteiger partial charge on any atom is 0.264 e. The average molecular weight is 288 g/mol. The van der Waals surface area contributed by atoms with E-state index < -0.39 is 0 Å². The Kier molecular flexibility index (Phi) is 3.42. The highest BCUT2D eigenvalue weighted by molar-refractivity contribution is 7.20. The second kappa shape index (κ2) is 5.09. The summed E-state index contributed by atoms with van der Waals surface area (Å²) >= 11 is 1.57. The zero-order valence-electron chi connectivity index (χ0n) is 11.9. The van der Waals surface area contributed by atoms with Crippen molar-refractivity contribution in [2.24, 2.45) is 0 Å². The summed E-state index contributed by atoms with van der Waals surface area (Å²) in [7, 11) is 0. The van der Waals surface area contributed by atoms with Crippen LogP contribution in [-0.4, -0.2) is 22.9 Å². The van der Waals surface area contributed by atoms with Crippen LogP contribution in [0.25, 0.3) is 10.1 Å². The molecule has 3 nitrogen and oxygen atoms in total. The van der Waals surface area contributed by atoms with E-state index in [1.807, 2.05) is 24.3 Å². The summed E-state index contributed by atoms with van der Waals surface area (Å²) in [6, 6.07) is 8.47. The molecule has 2 aromatic rings. The first-order valence-corrected chi connectivity index (χ1v) is 7.99. The zero-order valence-corrected chi connectivity index (χ0v) is 12.7. The van der Waals surface area contributed by atoms with E-state index >= 15 is 0 Å². The van der Waals surface area contributed by atoms with E-state index in [1.165, 1.54) is 6.42 Å². The van der Waals surface area contributed by atoms with Crippen molar-refractivity contribution in [3.8, 4) is 0 Å². The normalized spacial score (nSPS) is 23.2. The Morgan fingerprint density at radius 1 is 1.25 bits per heavy atom. The molecule has 0 radical (unpaired) electrons. The molecule has 1 aliphatic heterocycles. The standard InChI is InChI=1S/C16H20N2OS/c1-10-4-3-5-11(2)18(10)16(19)15-9-12-8-13(17)6-7-14(12)20-15/h6-11H,3-5,17H2,1-2H3/t10-,11+. The number of rotatable bonds is 1. The number of carbonyl (C=O) groups excluding carboxylic acids is 1. The molecule has 20 heavy (non-hydrogen) atoms. The van der Waals surface area contributed by atoms with Crippen LogP contribution in [0.2, 0.25) is 0 Å². The highest BCUT2D eigenvalue weighted by Gasteiger charge is 2.30. The fourth-order valence-electron chi connectivity index (χ4n) is 3.12. The highest BCUT2D eigenvalue weighted by Crippen LogP contribution is 2.31. The first kappa shape index (κ1) is 13.4. The lowest BCUT2D eigenvalue weighted by Crippen LogP contribution is -2.47. The molecule has 0 spiro atoms. The van der Waals surface area contributed by atoms with Gasteiger partial charge in [0.15, 0.2) is 0 Å². The van der Waals surface area contributed by atoms with Crippen molar-refractivity contribution in [1.82, 2.24) is 4.90 Å². The molecule has 3 rings (SSSR count). The molecule has 1 aromatic carbocycles. The zero-order chi connectivity index (χ0) is 14.3. The lowest BCUT2D eigenvalue weighted by atomic mass is 9.97. The summed E-state index contributed by atoms with van der Waals surface area (Å²) in [6.45, 7) is 4.30. The van der Waals surface area contributed by atoms with Gasteiger partial charge in [0.05, 0.1) is 4.88 Å². The number of nitrogen functional groups attached to an aromatic ring is 1. The van der Waals surface area contributed by atoms with Gasteiger partial charge in [-0.2, -0.15) is 0 Å². The van der Waals surface area contributed by atoms with Crippen molar-refractivity contribution < 1.29 is 4.79 Å². The van der Waals surface area contributed by atoms with Crippen LogP contribution in [0.15, 0.2) is 24.3 Å². The van der Waals surface area contributed by atoms with Crippen molar-refractivity contribution in [3.05, 3.63) is 29.1 Å². The van der Waals surface area contributed by atoms with Gasteiger partial charge in [0.25, 0.3) is 5.91 Å². The lowest BCUT2D eigenvalue weighted by Gasteiger charge is -2.38. The molecule has 4 heteroatoms. The van der Waals surface area contributed by atoms with Crippen LogP contribution in [0.4, 0.5) is 5.69 Å². The molecular formula is C16H20N2OS. The van der Waals surface area contributed by atoms with Crippen molar-refractivity contribution in [3.63, 3.8) is 0 Å². The Hall–Kier alpha value is -1.55. The van der Waals surface area contributed by atoms with E-state index in [1.54, 1.807) is 11.3 Å². The Balaban J connectivity index is 1.95. The number of likely N-dealkylation sites (tertiary alicyclic amines) is 1. The summed E-state index contributed by atoms with van der Waals surface area (Å²) < 4.78 is 1.12. The summed E-state index contributed by atoms with van der Waals surface area (Å²) in [5, 5.41) is 1.07. The molecule has 0 unspecified atom stereocenters. The first-order valence-electron chi connectivity index (χ1n) is 7.18. The number of hydrogen-bond acceptors (Lipinski definition) is 3. The second-order valence-corrected chi connectivity index (χ2v) is 6.83. The number of amides is 1. The predicted molar refractivity (Wildman–Crippen MR) is 85.2 cm³/mol. The molecule has 0 bridgehead atoms. The third-order valence-corrected chi connectivity index (χ3v) is 5.28. The molecule has 0 aliphatic carbocycles. The number of hydrogen-bond donors (Lipinski definition) is 1. The number of piperidine rings is 1. The van der Waals surface area contributed by atoms with E-state index in [2.05, 4.69) is 18.7 Å². The monoisotopic (exact) mass is 288 g/mol. The van der Waals surface area contributed by atoms with Crippen LogP contribution < -0.4 is 5.73 Å². The topological polar surface area (TPSA) is 46.3 Å². The number of fused-ring (bicyclic) bond motifs is 1. The Morgan fingerprint density at radius 3 is 2.65 bits per heavy atom. The van der Waals surface area contributed by atoms with Crippen molar-refractivity contribution >= 4 is 33.0 Å². The lowest BCUT2D eigenvalue weighted by molar-refractivity contribution is 0.0516. The van der Waals surface area contributed by atoms with Crippen LogP contribution in [0, 0.1) is 0 Å². The fraction of sp³-hybridized carbons (Fsp3) is 0.438. The smallest absolute Gasteiger partial charge is 0.264 e. The summed E-state index contributed by atoms with van der Waals surface area (Å²) in [5.74, 6) is 0.171. The predicted octanol–water partition coefficient (Wildman–Crippen LogP) is 3.89. The fourth-order valence-corrected chi connectivity index (χ4v) is 4.10. The molecule has 2 heterocycles. The van der Waals surface area contributed by atoms with Gasteiger partial charge < -0.3 is 10.6 Å². The summed E-state index contributed by atoms with van der Waals surface area (Å²) in [5.41, 5.74) is 6.55. The third kappa shape index (κ3) is 2.29. The van der Waals surface area contributed by atoms with Crippen LogP contribution >= 0.6 is 11.3 Å². The van der Waals surface area contributed by atoms with Gasteiger partial charge in [-0.1, -0.05) is 0 Å². The number of nitrogens with two attached hydrogens (primary N) is 1. The number of benzene rings is 1. The van der Waals surface area contributed by atoms with Gasteiger partial charge in [-0.25, -0.2) is 0 Å². The van der Waals surface area contributed by atoms with Crippen LogP contribution in [-0.2, 0) is 0 Å². The minimum absolute atomic E-state index is 0.171. The maximum absolute atomic E-state index is 12.8. The van der Waals surface area contributed by atoms with Crippen molar-refractivity contribution in [2.45, 2.75) is 45.2 Å². The molecule has 2 N–H and O–H groups in total. The number of nitrogens with zero attached hydrogens (tertiary/aromatic N) is 1. The average Bonchev–Trinajstić information content (AvgIpc) is 2.81. The molecule has 0 saturated carbocycles. The van der Waals surface area contributed by atoms with Gasteiger partial charge in [-0.15, -0.1) is 11.3 Å². The Morgan fingerprint density at radius 2 is 1.95 bits per heavy atom. The Labute approximate surface area is 123 Å². The highest BCUT2D eigenvalue weighted by atomic mass is 32.1. The summed E-state index contributed by atoms with van der Waals surface area (Å²) in [4.78, 5) is 15.7. The number of anilines is 1. The minimum atomic E-state index is 0.171. The summed E-state index contributed by atoms with van der Waals surface area (Å²) in [6.07, 6.45) is 3.43. The van der Waals surface area contributed by atoms with Gasteiger partial charge in [0.1, 0.15) is 0 Å². The van der Waals surface area contributed by atoms with Gasteiger partial charge in [-0.05, 0) is 62.8 Å². The van der Waals surface area contributed by atoms with Crippen LogP contribution in [0.5, 0.6) is 0 Å². The molecule has 2 atom stereocenters. The quantitative estimate of drug-likeness (QED) is 0.809. The maximum atomic E-state index is 12.8. The molecule has 1 aromatic heterocycles. The van der Waals surface area contributed by atoms with Gasteiger partial charge in [-0.3, -0.25) is 4.79 Å². The van der Waals surface area contributed by atoms with Crippen LogP contribution in [0.3, 0.4) is 0 Å². The van der Waals surface area contributed by atoms with Crippen LogP contribution in [0.1, 0.15) is 42.8 Å².